The minimum absolute atomic E-state index is 0.126. The van der Waals surface area contributed by atoms with Crippen LogP contribution in [-0.2, 0) is 11.2 Å². The lowest BCUT2D eigenvalue weighted by molar-refractivity contribution is -0.133. The SMILES string of the molecule is O=C(C1C=CCN1)N1CCC(Cc2ccc(F)cc2)CC1. The molecule has 2 aliphatic heterocycles. The van der Waals surface area contributed by atoms with Crippen LogP contribution in [0.15, 0.2) is 36.4 Å². The van der Waals surface area contributed by atoms with Crippen molar-refractivity contribution in [2.45, 2.75) is 25.3 Å². The van der Waals surface area contributed by atoms with Crippen molar-refractivity contribution >= 4 is 5.91 Å². The van der Waals surface area contributed by atoms with Crippen LogP contribution in [0.3, 0.4) is 0 Å². The van der Waals surface area contributed by atoms with E-state index < -0.39 is 0 Å². The monoisotopic (exact) mass is 288 g/mol. The molecule has 1 aromatic rings. The Morgan fingerprint density at radius 2 is 1.95 bits per heavy atom. The van der Waals surface area contributed by atoms with Gasteiger partial charge < -0.3 is 4.90 Å². The highest BCUT2D eigenvalue weighted by molar-refractivity contribution is 5.84. The normalized spacial score (nSPS) is 22.7. The Labute approximate surface area is 124 Å². The maximum atomic E-state index is 12.9. The third kappa shape index (κ3) is 3.50. The molecular formula is C17H21FN2O. The summed E-state index contributed by atoms with van der Waals surface area (Å²) in [5.41, 5.74) is 1.18. The lowest BCUT2D eigenvalue weighted by atomic mass is 9.90. The highest BCUT2D eigenvalue weighted by Gasteiger charge is 2.27. The number of halogens is 1. The summed E-state index contributed by atoms with van der Waals surface area (Å²) < 4.78 is 12.9. The lowest BCUT2D eigenvalue weighted by Crippen LogP contribution is -2.47. The third-order valence-electron chi connectivity index (χ3n) is 4.41. The molecule has 0 spiro atoms. The van der Waals surface area contributed by atoms with E-state index in [4.69, 9.17) is 0 Å². The Morgan fingerprint density at radius 1 is 1.24 bits per heavy atom. The largest absolute Gasteiger partial charge is 0.341 e. The fourth-order valence-corrected chi connectivity index (χ4v) is 3.14. The van der Waals surface area contributed by atoms with Crippen LogP contribution in [0.5, 0.6) is 0 Å². The smallest absolute Gasteiger partial charge is 0.243 e. The molecule has 0 bridgehead atoms. The first-order valence-electron chi connectivity index (χ1n) is 7.65. The van der Waals surface area contributed by atoms with E-state index in [9.17, 15) is 9.18 Å². The molecular weight excluding hydrogens is 267 g/mol. The predicted molar refractivity (Wildman–Crippen MR) is 80.3 cm³/mol. The van der Waals surface area contributed by atoms with E-state index in [0.29, 0.717) is 5.92 Å². The number of carbonyl (C=O) groups excluding carboxylic acids is 1. The van der Waals surface area contributed by atoms with Crippen LogP contribution in [0.2, 0.25) is 0 Å². The van der Waals surface area contributed by atoms with Crippen molar-refractivity contribution in [3.8, 4) is 0 Å². The quantitative estimate of drug-likeness (QED) is 0.864. The van der Waals surface area contributed by atoms with Gasteiger partial charge in [-0.1, -0.05) is 24.3 Å². The zero-order valence-corrected chi connectivity index (χ0v) is 12.1. The molecule has 3 rings (SSSR count). The molecule has 0 radical (unpaired) electrons. The second kappa shape index (κ2) is 6.39. The molecule has 1 unspecified atom stereocenters. The van der Waals surface area contributed by atoms with Crippen LogP contribution >= 0.6 is 0 Å². The molecule has 1 fully saturated rings. The van der Waals surface area contributed by atoms with Gasteiger partial charge in [-0.3, -0.25) is 10.1 Å². The molecule has 112 valence electrons. The predicted octanol–water partition coefficient (Wildman–Crippen LogP) is 2.13. The molecule has 0 aromatic heterocycles. The molecule has 3 nitrogen and oxygen atoms in total. The van der Waals surface area contributed by atoms with Crippen molar-refractivity contribution < 1.29 is 9.18 Å². The zero-order chi connectivity index (χ0) is 14.7. The van der Waals surface area contributed by atoms with Crippen molar-refractivity contribution in [1.29, 1.82) is 0 Å². The number of nitrogens with one attached hydrogen (secondary N) is 1. The molecule has 1 saturated heterocycles. The number of hydrogen-bond acceptors (Lipinski definition) is 2. The Hall–Kier alpha value is -1.68. The molecule has 1 amide bonds. The maximum absolute atomic E-state index is 12.9. The highest BCUT2D eigenvalue weighted by atomic mass is 19.1. The summed E-state index contributed by atoms with van der Waals surface area (Å²) in [6.07, 6.45) is 6.99. The summed E-state index contributed by atoms with van der Waals surface area (Å²) in [5, 5.41) is 3.17. The van der Waals surface area contributed by atoms with Gasteiger partial charge in [-0.15, -0.1) is 0 Å². The fourth-order valence-electron chi connectivity index (χ4n) is 3.14. The van der Waals surface area contributed by atoms with E-state index in [1.54, 1.807) is 0 Å². The third-order valence-corrected chi connectivity index (χ3v) is 4.41. The van der Waals surface area contributed by atoms with Gasteiger partial charge in [-0.05, 0) is 42.9 Å². The van der Waals surface area contributed by atoms with Crippen LogP contribution in [-0.4, -0.2) is 36.5 Å². The molecule has 0 saturated carbocycles. The van der Waals surface area contributed by atoms with Crippen LogP contribution in [0, 0.1) is 11.7 Å². The molecule has 2 heterocycles. The minimum Gasteiger partial charge on any atom is -0.341 e. The van der Waals surface area contributed by atoms with Gasteiger partial charge in [0.1, 0.15) is 11.9 Å². The van der Waals surface area contributed by atoms with Crippen LogP contribution in [0.25, 0.3) is 0 Å². The fraction of sp³-hybridized carbons (Fsp3) is 0.471. The number of carbonyl (C=O) groups is 1. The van der Waals surface area contributed by atoms with Crippen LogP contribution in [0.4, 0.5) is 4.39 Å². The number of hydrogen-bond donors (Lipinski definition) is 1. The van der Waals surface area contributed by atoms with Crippen molar-refractivity contribution in [3.05, 3.63) is 47.8 Å². The average molecular weight is 288 g/mol. The van der Waals surface area contributed by atoms with Crippen molar-refractivity contribution in [2.75, 3.05) is 19.6 Å². The summed E-state index contributed by atoms with van der Waals surface area (Å²) in [5.74, 6) is 0.604. The van der Waals surface area contributed by atoms with Crippen LogP contribution < -0.4 is 5.32 Å². The van der Waals surface area contributed by atoms with Gasteiger partial charge >= 0.3 is 0 Å². The van der Waals surface area contributed by atoms with Gasteiger partial charge in [0.2, 0.25) is 5.91 Å². The molecule has 1 N–H and O–H groups in total. The van der Waals surface area contributed by atoms with Crippen molar-refractivity contribution in [2.24, 2.45) is 5.92 Å². The summed E-state index contributed by atoms with van der Waals surface area (Å²) >= 11 is 0. The minimum atomic E-state index is -0.184. The summed E-state index contributed by atoms with van der Waals surface area (Å²) in [7, 11) is 0. The van der Waals surface area contributed by atoms with E-state index in [2.05, 4.69) is 5.32 Å². The Balaban J connectivity index is 1.49. The van der Waals surface area contributed by atoms with Gasteiger partial charge in [0, 0.05) is 19.6 Å². The molecule has 1 atom stereocenters. The Morgan fingerprint density at radius 3 is 2.57 bits per heavy atom. The number of amides is 1. The van der Waals surface area contributed by atoms with Gasteiger partial charge in [0.15, 0.2) is 0 Å². The van der Waals surface area contributed by atoms with Gasteiger partial charge in [-0.2, -0.15) is 0 Å². The zero-order valence-electron chi connectivity index (χ0n) is 12.1. The van der Waals surface area contributed by atoms with E-state index in [1.807, 2.05) is 29.2 Å². The number of likely N-dealkylation sites (tertiary alicyclic amines) is 1. The number of benzene rings is 1. The molecule has 1 aromatic carbocycles. The van der Waals surface area contributed by atoms with Crippen molar-refractivity contribution in [1.82, 2.24) is 10.2 Å². The van der Waals surface area contributed by atoms with Crippen molar-refractivity contribution in [3.63, 3.8) is 0 Å². The van der Waals surface area contributed by atoms with E-state index in [1.165, 1.54) is 17.7 Å². The number of nitrogens with zero attached hydrogens (tertiary/aromatic N) is 1. The van der Waals surface area contributed by atoms with E-state index in [0.717, 1.165) is 38.9 Å². The highest BCUT2D eigenvalue weighted by Crippen LogP contribution is 2.22. The van der Waals surface area contributed by atoms with Gasteiger partial charge in [0.05, 0.1) is 0 Å². The topological polar surface area (TPSA) is 32.3 Å². The molecule has 2 aliphatic rings. The average Bonchev–Trinajstić information content (AvgIpc) is 3.04. The van der Waals surface area contributed by atoms with Gasteiger partial charge in [0.25, 0.3) is 0 Å². The first-order chi connectivity index (χ1) is 10.2. The number of rotatable bonds is 3. The second-order valence-electron chi connectivity index (χ2n) is 5.91. The van der Waals surface area contributed by atoms with E-state index >= 15 is 0 Å². The summed E-state index contributed by atoms with van der Waals surface area (Å²) in [6.45, 7) is 2.45. The first kappa shape index (κ1) is 14.3. The van der Waals surface area contributed by atoms with E-state index in [-0.39, 0.29) is 17.8 Å². The maximum Gasteiger partial charge on any atom is 0.243 e. The molecule has 4 heteroatoms. The standard InChI is InChI=1S/C17H21FN2O/c18-15-5-3-13(4-6-15)12-14-7-10-20(11-8-14)17(21)16-2-1-9-19-16/h1-6,14,16,19H,7-12H2. The lowest BCUT2D eigenvalue weighted by Gasteiger charge is -2.33. The molecule has 0 aliphatic carbocycles. The summed E-state index contributed by atoms with van der Waals surface area (Å²) in [6, 6.07) is 6.64. The number of piperidine rings is 1. The summed E-state index contributed by atoms with van der Waals surface area (Å²) in [4.78, 5) is 14.2. The molecule has 21 heavy (non-hydrogen) atoms. The second-order valence-corrected chi connectivity index (χ2v) is 5.91. The Kier molecular flexibility index (Phi) is 4.34. The first-order valence-corrected chi connectivity index (χ1v) is 7.65. The Bertz CT molecular complexity index is 518. The van der Waals surface area contributed by atoms with Gasteiger partial charge in [-0.25, -0.2) is 4.39 Å². The van der Waals surface area contributed by atoms with Crippen LogP contribution in [0.1, 0.15) is 18.4 Å².